The van der Waals surface area contributed by atoms with Gasteiger partial charge in [-0.05, 0) is 44.2 Å². The molecular weight excluding hydrogens is 426 g/mol. The number of nitrogens with one attached hydrogen (secondary N) is 1. The van der Waals surface area contributed by atoms with E-state index in [-0.39, 0.29) is 23.8 Å². The molecule has 3 heterocycles. The van der Waals surface area contributed by atoms with Gasteiger partial charge in [0.25, 0.3) is 5.56 Å². The maximum Gasteiger partial charge on any atom is 0.259 e. The molecule has 0 unspecified atom stereocenters. The van der Waals surface area contributed by atoms with Gasteiger partial charge in [-0.3, -0.25) is 9.59 Å². The smallest absolute Gasteiger partial charge is 0.259 e. The average Bonchev–Trinajstić information content (AvgIpc) is 3.36. The van der Waals surface area contributed by atoms with E-state index in [9.17, 15) is 14.9 Å². The third-order valence-electron chi connectivity index (χ3n) is 5.88. The van der Waals surface area contributed by atoms with Gasteiger partial charge >= 0.3 is 0 Å². The Morgan fingerprint density at radius 1 is 1.34 bits per heavy atom. The number of furan rings is 1. The number of hydrogen-bond acceptors (Lipinski definition) is 7. The number of thiophene rings is 1. The van der Waals surface area contributed by atoms with Crippen LogP contribution in [0.25, 0.3) is 21.2 Å². The van der Waals surface area contributed by atoms with E-state index in [0.29, 0.717) is 28.0 Å². The van der Waals surface area contributed by atoms with E-state index in [1.54, 1.807) is 6.07 Å². The van der Waals surface area contributed by atoms with Gasteiger partial charge in [-0.2, -0.15) is 5.26 Å². The van der Waals surface area contributed by atoms with Crippen molar-refractivity contribution >= 4 is 38.3 Å². The van der Waals surface area contributed by atoms with Crippen LogP contribution in [0.5, 0.6) is 0 Å². The first kappa shape index (κ1) is 20.6. The SMILES string of the molecule is CCOCc1c(C(=O)[C@@H](C#N)c2nc3sc4c(c3c(=O)[nH]2)CCCC4)oc2ccccc12. The topological polar surface area (TPSA) is 109 Å². The number of benzene rings is 1. The molecule has 1 N–H and O–H groups in total. The molecule has 0 saturated heterocycles. The Morgan fingerprint density at radius 3 is 2.97 bits per heavy atom. The number of nitriles is 1. The predicted molar refractivity (Wildman–Crippen MR) is 121 cm³/mol. The molecule has 0 fully saturated rings. The van der Waals surface area contributed by atoms with Crippen LogP contribution in [0.3, 0.4) is 0 Å². The zero-order valence-corrected chi connectivity index (χ0v) is 18.4. The van der Waals surface area contributed by atoms with E-state index in [1.165, 1.54) is 16.2 Å². The van der Waals surface area contributed by atoms with E-state index in [0.717, 1.165) is 36.6 Å². The third kappa shape index (κ3) is 3.34. The van der Waals surface area contributed by atoms with Crippen LogP contribution in [0.1, 0.15) is 58.1 Å². The molecule has 3 aromatic heterocycles. The lowest BCUT2D eigenvalue weighted by Gasteiger charge is -2.10. The number of ether oxygens (including phenoxy) is 1. The van der Waals surface area contributed by atoms with Crippen LogP contribution in [0, 0.1) is 11.3 Å². The molecule has 0 radical (unpaired) electrons. The van der Waals surface area contributed by atoms with Crippen LogP contribution in [-0.4, -0.2) is 22.4 Å². The maximum absolute atomic E-state index is 13.4. The van der Waals surface area contributed by atoms with Crippen LogP contribution in [-0.2, 0) is 24.2 Å². The molecule has 8 heteroatoms. The highest BCUT2D eigenvalue weighted by Crippen LogP contribution is 2.35. The van der Waals surface area contributed by atoms with Gasteiger partial charge in [0.1, 0.15) is 16.2 Å². The second-order valence-electron chi connectivity index (χ2n) is 7.81. The number of ketones is 1. The molecule has 4 aromatic rings. The Kier molecular flexibility index (Phi) is 5.37. The maximum atomic E-state index is 13.4. The van der Waals surface area contributed by atoms with Crippen molar-refractivity contribution in [2.75, 3.05) is 6.61 Å². The van der Waals surface area contributed by atoms with Crippen LogP contribution in [0.4, 0.5) is 0 Å². The van der Waals surface area contributed by atoms with E-state index in [2.05, 4.69) is 9.97 Å². The molecular formula is C24H21N3O4S. The van der Waals surface area contributed by atoms with E-state index in [1.807, 2.05) is 31.2 Å². The van der Waals surface area contributed by atoms with E-state index < -0.39 is 11.7 Å². The van der Waals surface area contributed by atoms with E-state index in [4.69, 9.17) is 9.15 Å². The Labute approximate surface area is 187 Å². The molecule has 1 aliphatic rings. The molecule has 1 aromatic carbocycles. The van der Waals surface area contributed by atoms with Crippen molar-refractivity contribution in [3.05, 3.63) is 62.2 Å². The first-order chi connectivity index (χ1) is 15.6. The summed E-state index contributed by atoms with van der Waals surface area (Å²) in [5.74, 6) is -1.70. The van der Waals surface area contributed by atoms with Gasteiger partial charge in [0, 0.05) is 22.4 Å². The first-order valence-corrected chi connectivity index (χ1v) is 11.5. The number of para-hydroxylation sites is 1. The molecule has 5 rings (SSSR count). The molecule has 0 spiro atoms. The van der Waals surface area contributed by atoms with Crippen LogP contribution >= 0.6 is 11.3 Å². The molecule has 0 aliphatic heterocycles. The lowest BCUT2D eigenvalue weighted by molar-refractivity contribution is 0.0938. The van der Waals surface area contributed by atoms with Crippen molar-refractivity contribution in [2.24, 2.45) is 0 Å². The van der Waals surface area contributed by atoms with Crippen molar-refractivity contribution in [2.45, 2.75) is 45.1 Å². The molecule has 1 atom stereocenters. The quantitative estimate of drug-likeness (QED) is 0.432. The number of H-pyrrole nitrogens is 1. The first-order valence-electron chi connectivity index (χ1n) is 10.7. The monoisotopic (exact) mass is 447 g/mol. The zero-order valence-electron chi connectivity index (χ0n) is 17.6. The van der Waals surface area contributed by atoms with Gasteiger partial charge in [0.15, 0.2) is 11.7 Å². The van der Waals surface area contributed by atoms with Gasteiger partial charge in [-0.25, -0.2) is 4.98 Å². The number of aromatic amines is 1. The van der Waals surface area contributed by atoms with Crippen molar-refractivity contribution < 1.29 is 13.9 Å². The van der Waals surface area contributed by atoms with Crippen molar-refractivity contribution in [1.29, 1.82) is 5.26 Å². The van der Waals surface area contributed by atoms with Crippen molar-refractivity contribution in [3.63, 3.8) is 0 Å². The van der Waals surface area contributed by atoms with Crippen LogP contribution in [0.15, 0.2) is 33.5 Å². The number of aryl methyl sites for hydroxylation is 2. The molecule has 0 saturated carbocycles. The number of carbonyl (C=O) groups excluding carboxylic acids is 1. The third-order valence-corrected chi connectivity index (χ3v) is 7.07. The minimum Gasteiger partial charge on any atom is -0.453 e. The lowest BCUT2D eigenvalue weighted by atomic mass is 9.97. The normalized spacial score (nSPS) is 14.4. The summed E-state index contributed by atoms with van der Waals surface area (Å²) in [5.41, 5.74) is 1.91. The number of hydrogen-bond donors (Lipinski definition) is 1. The number of rotatable bonds is 6. The summed E-state index contributed by atoms with van der Waals surface area (Å²) in [6, 6.07) is 9.32. The summed E-state index contributed by atoms with van der Waals surface area (Å²) in [7, 11) is 0. The highest BCUT2D eigenvalue weighted by Gasteiger charge is 2.31. The largest absolute Gasteiger partial charge is 0.453 e. The van der Waals surface area contributed by atoms with Gasteiger partial charge in [-0.1, -0.05) is 18.2 Å². The second-order valence-corrected chi connectivity index (χ2v) is 8.90. The number of Topliss-reactive ketones (excluding diaryl/α,β-unsaturated/α-hetero) is 1. The summed E-state index contributed by atoms with van der Waals surface area (Å²) in [5, 5.41) is 11.2. The summed E-state index contributed by atoms with van der Waals surface area (Å²) < 4.78 is 11.4. The molecule has 1 aliphatic carbocycles. The summed E-state index contributed by atoms with van der Waals surface area (Å²) in [4.78, 5) is 35.4. The second kappa shape index (κ2) is 8.34. The standard InChI is InChI=1S/C24H21N3O4S/c1-2-30-12-16-13-7-3-5-9-17(13)31-21(16)20(28)15(11-25)22-26-23(29)19-14-8-4-6-10-18(14)32-24(19)27-22/h3,5,7,9,15H,2,4,6,8,10,12H2,1H3,(H,26,27,29)/t15-/m1/s1. The van der Waals surface area contributed by atoms with Crippen LogP contribution < -0.4 is 5.56 Å². The molecule has 0 amide bonds. The number of aromatic nitrogens is 2. The fourth-order valence-electron chi connectivity index (χ4n) is 4.34. The zero-order chi connectivity index (χ0) is 22.2. The fraction of sp³-hybridized carbons (Fsp3) is 0.333. The molecule has 7 nitrogen and oxygen atoms in total. The Bertz CT molecular complexity index is 1440. The summed E-state index contributed by atoms with van der Waals surface area (Å²) >= 11 is 1.49. The highest BCUT2D eigenvalue weighted by molar-refractivity contribution is 7.18. The van der Waals surface area contributed by atoms with Crippen molar-refractivity contribution in [3.8, 4) is 6.07 Å². The van der Waals surface area contributed by atoms with E-state index >= 15 is 0 Å². The highest BCUT2D eigenvalue weighted by atomic mass is 32.1. The summed E-state index contributed by atoms with van der Waals surface area (Å²) in [6.07, 6.45) is 3.94. The molecule has 0 bridgehead atoms. The fourth-order valence-corrected chi connectivity index (χ4v) is 5.61. The van der Waals surface area contributed by atoms with Crippen LogP contribution in [0.2, 0.25) is 0 Å². The number of fused-ring (bicyclic) bond motifs is 4. The number of carbonyl (C=O) groups is 1. The van der Waals surface area contributed by atoms with Gasteiger partial charge < -0.3 is 14.1 Å². The Hall–Kier alpha value is -3.28. The summed E-state index contributed by atoms with van der Waals surface area (Å²) in [6.45, 7) is 2.53. The van der Waals surface area contributed by atoms with Gasteiger partial charge in [-0.15, -0.1) is 11.3 Å². The predicted octanol–water partition coefficient (Wildman–Crippen LogP) is 4.64. The van der Waals surface area contributed by atoms with Gasteiger partial charge in [0.2, 0.25) is 5.78 Å². The van der Waals surface area contributed by atoms with Gasteiger partial charge in [0.05, 0.1) is 18.1 Å². The molecule has 32 heavy (non-hydrogen) atoms. The molecule has 162 valence electrons. The lowest BCUT2D eigenvalue weighted by Crippen LogP contribution is -2.20. The minimum absolute atomic E-state index is 0.0522. The van der Waals surface area contributed by atoms with Crippen molar-refractivity contribution in [1.82, 2.24) is 9.97 Å². The Morgan fingerprint density at radius 2 is 2.16 bits per heavy atom. The minimum atomic E-state index is -1.29. The Balaban J connectivity index is 1.60. The number of nitrogens with zero attached hydrogens (tertiary/aromatic N) is 2. The average molecular weight is 448 g/mol.